The van der Waals surface area contributed by atoms with Crippen molar-refractivity contribution < 1.29 is 24.2 Å². The van der Waals surface area contributed by atoms with Crippen molar-refractivity contribution in [2.75, 3.05) is 13.2 Å². The average molecular weight is 559 g/mol. The normalized spacial score (nSPS) is 13.0. The fourth-order valence-electron chi connectivity index (χ4n) is 3.88. The topological polar surface area (TPSA) is 72.8 Å². The lowest BCUT2D eigenvalue weighted by Crippen LogP contribution is -2.28. The van der Waals surface area contributed by atoms with Gasteiger partial charge >= 0.3 is 11.9 Å². The number of aliphatic hydroxyl groups is 1. The lowest BCUT2D eigenvalue weighted by molar-refractivity contribution is -0.161. The summed E-state index contributed by atoms with van der Waals surface area (Å²) in [6.07, 6.45) is 38.4. The minimum atomic E-state index is -0.791. The standard InChI is InChI=1S/C35H58O5/c1-3-5-7-9-11-13-15-16-17-18-20-21-23-25-27-29-34(37)39-32-33(31-36)40-35(38)30-28-26-24-22-19-14-12-10-8-6-4-2/h5,7,10-13,16-17,20-21,33,36H,3-4,6,8-9,14-15,18-19,22-32H2,1-2H3/t33-/m0/s1. The molecule has 0 aromatic heterocycles. The second kappa shape index (κ2) is 31.1. The molecule has 1 atom stereocenters. The summed E-state index contributed by atoms with van der Waals surface area (Å²) in [4.78, 5) is 24.0. The average Bonchev–Trinajstić information content (AvgIpc) is 2.96. The van der Waals surface area contributed by atoms with Crippen molar-refractivity contribution in [2.45, 2.75) is 136 Å². The van der Waals surface area contributed by atoms with E-state index in [1.165, 1.54) is 32.1 Å². The second-order valence-corrected chi connectivity index (χ2v) is 10.1. The molecule has 0 aliphatic rings. The molecule has 0 saturated carbocycles. The third-order valence-corrected chi connectivity index (χ3v) is 6.30. The SMILES string of the molecule is CCC=CCC=CCC=CCC=CCCCCC(=O)OC[C@H](CO)OC(=O)CCCCCCCC=CCCCC. The van der Waals surface area contributed by atoms with Crippen LogP contribution in [0.1, 0.15) is 129 Å². The smallest absolute Gasteiger partial charge is 0.306 e. The van der Waals surface area contributed by atoms with Crippen LogP contribution in [-0.4, -0.2) is 36.4 Å². The maximum Gasteiger partial charge on any atom is 0.306 e. The summed E-state index contributed by atoms with van der Waals surface area (Å²) >= 11 is 0. The Kier molecular flexibility index (Phi) is 29.3. The van der Waals surface area contributed by atoms with Crippen LogP contribution in [0, 0.1) is 0 Å². The van der Waals surface area contributed by atoms with Gasteiger partial charge in [0.15, 0.2) is 6.10 Å². The Bertz CT molecular complexity index is 732. The van der Waals surface area contributed by atoms with Gasteiger partial charge in [-0.2, -0.15) is 0 Å². The molecule has 0 amide bonds. The first-order valence-electron chi connectivity index (χ1n) is 15.8. The van der Waals surface area contributed by atoms with Crippen molar-refractivity contribution in [3.05, 3.63) is 60.8 Å². The van der Waals surface area contributed by atoms with Crippen molar-refractivity contribution >= 4 is 11.9 Å². The molecule has 0 aliphatic heterocycles. The highest BCUT2D eigenvalue weighted by atomic mass is 16.6. The number of carbonyl (C=O) groups excluding carboxylic acids is 2. The maximum absolute atomic E-state index is 12.0. The van der Waals surface area contributed by atoms with Crippen LogP contribution in [0.4, 0.5) is 0 Å². The molecule has 5 nitrogen and oxygen atoms in total. The van der Waals surface area contributed by atoms with Crippen molar-refractivity contribution in [1.82, 2.24) is 0 Å². The van der Waals surface area contributed by atoms with Crippen LogP contribution < -0.4 is 0 Å². The molecule has 5 heteroatoms. The number of esters is 2. The summed E-state index contributed by atoms with van der Waals surface area (Å²) < 4.78 is 10.5. The van der Waals surface area contributed by atoms with Crippen molar-refractivity contribution in [1.29, 1.82) is 0 Å². The molecule has 0 radical (unpaired) electrons. The minimum Gasteiger partial charge on any atom is -0.462 e. The zero-order valence-electron chi connectivity index (χ0n) is 25.6. The molecule has 0 heterocycles. The summed E-state index contributed by atoms with van der Waals surface area (Å²) in [6, 6.07) is 0. The number of unbranched alkanes of at least 4 members (excludes halogenated alkanes) is 9. The van der Waals surface area contributed by atoms with Crippen LogP contribution in [0.2, 0.25) is 0 Å². The lowest BCUT2D eigenvalue weighted by atomic mass is 10.1. The highest BCUT2D eigenvalue weighted by molar-refractivity contribution is 5.70. The van der Waals surface area contributed by atoms with Gasteiger partial charge in [0.05, 0.1) is 6.61 Å². The molecule has 0 aliphatic carbocycles. The first kappa shape index (κ1) is 37.6. The van der Waals surface area contributed by atoms with Crippen molar-refractivity contribution in [3.8, 4) is 0 Å². The molecule has 228 valence electrons. The molecule has 0 bridgehead atoms. The van der Waals surface area contributed by atoms with Crippen LogP contribution in [-0.2, 0) is 19.1 Å². The Balaban J connectivity index is 3.72. The maximum atomic E-state index is 12.0. The fourth-order valence-corrected chi connectivity index (χ4v) is 3.88. The van der Waals surface area contributed by atoms with Crippen molar-refractivity contribution in [2.24, 2.45) is 0 Å². The van der Waals surface area contributed by atoms with E-state index in [0.717, 1.165) is 70.6 Å². The molecular formula is C35H58O5. The van der Waals surface area contributed by atoms with Crippen LogP contribution in [0.25, 0.3) is 0 Å². The molecule has 40 heavy (non-hydrogen) atoms. The predicted molar refractivity (Wildman–Crippen MR) is 168 cm³/mol. The fraction of sp³-hybridized carbons (Fsp3) is 0.657. The molecule has 0 aromatic rings. The Morgan fingerprint density at radius 3 is 1.70 bits per heavy atom. The first-order valence-corrected chi connectivity index (χ1v) is 15.8. The third-order valence-electron chi connectivity index (χ3n) is 6.30. The van der Waals surface area contributed by atoms with Crippen molar-refractivity contribution in [3.63, 3.8) is 0 Å². The Morgan fingerprint density at radius 1 is 0.600 bits per heavy atom. The van der Waals surface area contributed by atoms with E-state index in [2.05, 4.69) is 74.6 Å². The van der Waals surface area contributed by atoms with E-state index >= 15 is 0 Å². The van der Waals surface area contributed by atoms with E-state index in [1.54, 1.807) is 0 Å². The molecule has 1 N–H and O–H groups in total. The highest BCUT2D eigenvalue weighted by Crippen LogP contribution is 2.10. The van der Waals surface area contributed by atoms with Gasteiger partial charge in [0.2, 0.25) is 0 Å². The third kappa shape index (κ3) is 28.6. The number of hydrogen-bond acceptors (Lipinski definition) is 5. The number of rotatable bonds is 27. The van der Waals surface area contributed by atoms with Gasteiger partial charge in [-0.25, -0.2) is 0 Å². The molecule has 0 saturated heterocycles. The van der Waals surface area contributed by atoms with Gasteiger partial charge in [-0.15, -0.1) is 0 Å². The van der Waals surface area contributed by atoms with E-state index in [4.69, 9.17) is 9.47 Å². The number of aliphatic hydroxyl groups excluding tert-OH is 1. The summed E-state index contributed by atoms with van der Waals surface area (Å²) in [7, 11) is 0. The lowest BCUT2D eigenvalue weighted by Gasteiger charge is -2.15. The van der Waals surface area contributed by atoms with Crippen LogP contribution >= 0.6 is 0 Å². The quantitative estimate of drug-likeness (QED) is 0.0618. The molecular weight excluding hydrogens is 500 g/mol. The van der Waals surface area contributed by atoms with Crippen LogP contribution in [0.5, 0.6) is 0 Å². The van der Waals surface area contributed by atoms with Gasteiger partial charge < -0.3 is 14.6 Å². The van der Waals surface area contributed by atoms with Gasteiger partial charge in [0.1, 0.15) is 6.61 Å². The summed E-state index contributed by atoms with van der Waals surface area (Å²) in [6.45, 7) is 3.90. The summed E-state index contributed by atoms with van der Waals surface area (Å²) in [5.41, 5.74) is 0. The zero-order chi connectivity index (χ0) is 29.4. The van der Waals surface area contributed by atoms with Gasteiger partial charge in [-0.3, -0.25) is 9.59 Å². The van der Waals surface area contributed by atoms with Gasteiger partial charge in [0, 0.05) is 12.8 Å². The number of allylic oxidation sites excluding steroid dienone is 10. The molecule has 0 aromatic carbocycles. The van der Waals surface area contributed by atoms with E-state index in [9.17, 15) is 14.7 Å². The van der Waals surface area contributed by atoms with Gasteiger partial charge in [-0.05, 0) is 70.6 Å². The number of carbonyl (C=O) groups is 2. The monoisotopic (exact) mass is 558 g/mol. The predicted octanol–water partition coefficient (Wildman–Crippen LogP) is 9.28. The number of ether oxygens (including phenoxy) is 2. The molecule has 0 rings (SSSR count). The Morgan fingerprint density at radius 2 is 1.07 bits per heavy atom. The first-order chi connectivity index (χ1) is 19.6. The Labute approximate surface area is 245 Å². The van der Waals surface area contributed by atoms with Gasteiger partial charge in [-0.1, -0.05) is 107 Å². The van der Waals surface area contributed by atoms with E-state index in [-0.39, 0.29) is 25.2 Å². The summed E-state index contributed by atoms with van der Waals surface area (Å²) in [5.74, 6) is -0.660. The molecule has 0 unspecified atom stereocenters. The summed E-state index contributed by atoms with van der Waals surface area (Å²) in [5, 5.41) is 9.47. The van der Waals surface area contributed by atoms with Gasteiger partial charge in [0.25, 0.3) is 0 Å². The second-order valence-electron chi connectivity index (χ2n) is 10.1. The Hall–Kier alpha value is -2.40. The molecule has 0 fully saturated rings. The minimum absolute atomic E-state index is 0.0935. The van der Waals surface area contributed by atoms with Crippen LogP contribution in [0.15, 0.2) is 60.8 Å². The largest absolute Gasteiger partial charge is 0.462 e. The van der Waals surface area contributed by atoms with E-state index in [1.807, 2.05) is 0 Å². The van der Waals surface area contributed by atoms with Crippen LogP contribution in [0.3, 0.4) is 0 Å². The zero-order valence-corrected chi connectivity index (χ0v) is 25.6. The number of hydrogen-bond donors (Lipinski definition) is 1. The van der Waals surface area contributed by atoms with E-state index in [0.29, 0.717) is 12.8 Å². The van der Waals surface area contributed by atoms with E-state index < -0.39 is 6.10 Å². The molecule has 0 spiro atoms. The highest BCUT2D eigenvalue weighted by Gasteiger charge is 2.16.